The zero-order chi connectivity index (χ0) is 20.9. The minimum absolute atomic E-state index is 0.0634. The first-order valence-electron chi connectivity index (χ1n) is 9.83. The number of amides is 1. The van der Waals surface area contributed by atoms with Gasteiger partial charge in [-0.1, -0.05) is 90.5 Å². The summed E-state index contributed by atoms with van der Waals surface area (Å²) in [5.41, 5.74) is 3.25. The lowest BCUT2D eigenvalue weighted by molar-refractivity contribution is -0.123. The highest BCUT2D eigenvalue weighted by molar-refractivity contribution is 9.10. The Morgan fingerprint density at radius 3 is 2.30 bits per heavy atom. The van der Waals surface area contributed by atoms with E-state index in [4.69, 9.17) is 4.74 Å². The average Bonchev–Trinajstić information content (AvgIpc) is 2.78. The Morgan fingerprint density at radius 2 is 1.53 bits per heavy atom. The molecule has 0 radical (unpaired) electrons. The molecule has 0 aliphatic carbocycles. The molecule has 0 saturated carbocycles. The third-order valence-electron chi connectivity index (χ3n) is 5.04. The lowest BCUT2D eigenvalue weighted by Crippen LogP contribution is -2.33. The van der Waals surface area contributed by atoms with E-state index in [1.54, 1.807) is 0 Å². The summed E-state index contributed by atoms with van der Waals surface area (Å²) in [6.07, 6.45) is 0. The fourth-order valence-corrected chi connectivity index (χ4v) is 4.04. The third-order valence-corrected chi connectivity index (χ3v) is 5.85. The van der Waals surface area contributed by atoms with Crippen molar-refractivity contribution >= 4 is 32.6 Å². The van der Waals surface area contributed by atoms with E-state index in [0.717, 1.165) is 26.4 Å². The molecule has 1 N–H and O–H groups in total. The van der Waals surface area contributed by atoms with Crippen LogP contribution in [0.25, 0.3) is 10.8 Å². The molecular formula is C26H22BrNO2. The predicted molar refractivity (Wildman–Crippen MR) is 125 cm³/mol. The van der Waals surface area contributed by atoms with E-state index in [-0.39, 0.29) is 18.6 Å². The number of benzene rings is 4. The Hall–Kier alpha value is -3.11. The minimum Gasteiger partial charge on any atom is -0.483 e. The number of hydrogen-bond acceptors (Lipinski definition) is 2. The quantitative estimate of drug-likeness (QED) is 0.372. The van der Waals surface area contributed by atoms with Crippen molar-refractivity contribution in [1.82, 2.24) is 5.32 Å². The monoisotopic (exact) mass is 459 g/mol. The molecule has 4 aromatic rings. The van der Waals surface area contributed by atoms with Crippen molar-refractivity contribution in [2.24, 2.45) is 0 Å². The molecule has 1 atom stereocenters. The van der Waals surface area contributed by atoms with Gasteiger partial charge in [0.1, 0.15) is 5.75 Å². The van der Waals surface area contributed by atoms with Crippen LogP contribution in [0.5, 0.6) is 5.75 Å². The molecule has 0 spiro atoms. The van der Waals surface area contributed by atoms with Gasteiger partial charge in [-0.3, -0.25) is 4.79 Å². The molecule has 4 heteroatoms. The summed E-state index contributed by atoms with van der Waals surface area (Å²) in [4.78, 5) is 12.8. The first-order chi connectivity index (χ1) is 14.6. The van der Waals surface area contributed by atoms with Crippen molar-refractivity contribution in [3.8, 4) is 5.75 Å². The summed E-state index contributed by atoms with van der Waals surface area (Å²) in [6.45, 7) is 1.99. The van der Waals surface area contributed by atoms with Crippen LogP contribution >= 0.6 is 15.9 Å². The molecule has 0 heterocycles. The van der Waals surface area contributed by atoms with Crippen LogP contribution in [0.15, 0.2) is 95.5 Å². The van der Waals surface area contributed by atoms with Crippen molar-refractivity contribution in [2.75, 3.05) is 6.61 Å². The van der Waals surface area contributed by atoms with E-state index >= 15 is 0 Å². The molecule has 4 aromatic carbocycles. The number of hydrogen-bond donors (Lipinski definition) is 1. The number of halogens is 1. The maximum Gasteiger partial charge on any atom is 0.258 e. The van der Waals surface area contributed by atoms with Gasteiger partial charge in [0.05, 0.1) is 10.5 Å². The third kappa shape index (κ3) is 4.55. The molecule has 0 unspecified atom stereocenters. The van der Waals surface area contributed by atoms with Crippen molar-refractivity contribution in [3.63, 3.8) is 0 Å². The van der Waals surface area contributed by atoms with Gasteiger partial charge in [0, 0.05) is 0 Å². The van der Waals surface area contributed by atoms with E-state index in [0.29, 0.717) is 5.75 Å². The van der Waals surface area contributed by atoms with Crippen LogP contribution in [0, 0.1) is 6.92 Å². The average molecular weight is 460 g/mol. The lowest BCUT2D eigenvalue weighted by Gasteiger charge is -2.20. The first-order valence-corrected chi connectivity index (χ1v) is 10.6. The van der Waals surface area contributed by atoms with Gasteiger partial charge < -0.3 is 10.1 Å². The first kappa shape index (κ1) is 20.2. The number of rotatable bonds is 6. The second-order valence-corrected chi connectivity index (χ2v) is 8.00. The maximum atomic E-state index is 12.8. The molecule has 1 amide bonds. The normalized spacial score (nSPS) is 11.8. The van der Waals surface area contributed by atoms with Crippen LogP contribution in [0.4, 0.5) is 0 Å². The fraction of sp³-hybridized carbons (Fsp3) is 0.115. The van der Waals surface area contributed by atoms with E-state index in [9.17, 15) is 4.79 Å². The number of nitrogens with one attached hydrogen (secondary N) is 1. The Kier molecular flexibility index (Phi) is 6.15. The molecule has 0 bridgehead atoms. The number of aryl methyl sites for hydroxylation is 1. The molecule has 30 heavy (non-hydrogen) atoms. The van der Waals surface area contributed by atoms with E-state index in [1.165, 1.54) is 5.56 Å². The lowest BCUT2D eigenvalue weighted by atomic mass is 9.98. The minimum atomic E-state index is -0.233. The van der Waals surface area contributed by atoms with Crippen molar-refractivity contribution in [2.45, 2.75) is 13.0 Å². The molecular weight excluding hydrogens is 438 g/mol. The number of fused-ring (bicyclic) bond motifs is 1. The van der Waals surface area contributed by atoms with Gasteiger partial charge in [-0.25, -0.2) is 0 Å². The summed E-state index contributed by atoms with van der Waals surface area (Å²) < 4.78 is 6.69. The van der Waals surface area contributed by atoms with Gasteiger partial charge in [-0.05, 0) is 50.8 Å². The Balaban J connectivity index is 1.51. The second-order valence-electron chi connectivity index (χ2n) is 7.21. The van der Waals surface area contributed by atoms with Crippen molar-refractivity contribution in [1.29, 1.82) is 0 Å². The molecule has 0 saturated heterocycles. The Bertz CT molecular complexity index is 1160. The summed E-state index contributed by atoms with van der Waals surface area (Å²) in [6, 6.07) is 29.9. The topological polar surface area (TPSA) is 38.3 Å². The van der Waals surface area contributed by atoms with E-state index in [2.05, 4.69) is 40.3 Å². The van der Waals surface area contributed by atoms with Crippen LogP contribution in [0.3, 0.4) is 0 Å². The van der Waals surface area contributed by atoms with Gasteiger partial charge in [-0.2, -0.15) is 0 Å². The van der Waals surface area contributed by atoms with Gasteiger partial charge in [0.2, 0.25) is 0 Å². The standard InChI is InChI=1S/C26H22BrNO2/c1-18-11-13-21(14-12-18)26(20-8-3-2-4-9-20)28-24(29)17-30-23-16-15-19-7-5-6-10-22(19)25(23)27/h2-16,26H,17H2,1H3,(H,28,29)/t26-/m0/s1. The second kappa shape index (κ2) is 9.14. The SMILES string of the molecule is Cc1ccc([C@@H](NC(=O)COc2ccc3ccccc3c2Br)c2ccccc2)cc1. The number of ether oxygens (including phenoxy) is 1. The van der Waals surface area contributed by atoms with Crippen molar-refractivity contribution < 1.29 is 9.53 Å². The largest absolute Gasteiger partial charge is 0.483 e. The maximum absolute atomic E-state index is 12.8. The molecule has 150 valence electrons. The van der Waals surface area contributed by atoms with Gasteiger partial charge >= 0.3 is 0 Å². The zero-order valence-electron chi connectivity index (χ0n) is 16.6. The Morgan fingerprint density at radius 1 is 0.867 bits per heavy atom. The highest BCUT2D eigenvalue weighted by Gasteiger charge is 2.17. The van der Waals surface area contributed by atoms with Crippen LogP contribution in [-0.4, -0.2) is 12.5 Å². The van der Waals surface area contributed by atoms with E-state index in [1.807, 2.05) is 78.9 Å². The molecule has 3 nitrogen and oxygen atoms in total. The summed E-state index contributed by atoms with van der Waals surface area (Å²) >= 11 is 3.61. The number of carbonyl (C=O) groups excluding carboxylic acids is 1. The molecule has 4 rings (SSSR count). The zero-order valence-corrected chi connectivity index (χ0v) is 18.2. The predicted octanol–water partition coefficient (Wildman–Crippen LogP) is 6.20. The highest BCUT2D eigenvalue weighted by Crippen LogP contribution is 2.33. The van der Waals surface area contributed by atoms with Crippen LogP contribution in [0.2, 0.25) is 0 Å². The van der Waals surface area contributed by atoms with Crippen LogP contribution in [-0.2, 0) is 4.79 Å². The van der Waals surface area contributed by atoms with Crippen LogP contribution < -0.4 is 10.1 Å². The van der Waals surface area contributed by atoms with Gasteiger partial charge in [0.25, 0.3) is 5.91 Å². The molecule has 0 aromatic heterocycles. The Labute approximate surface area is 184 Å². The van der Waals surface area contributed by atoms with Gasteiger partial charge in [0.15, 0.2) is 6.61 Å². The van der Waals surface area contributed by atoms with Crippen LogP contribution in [0.1, 0.15) is 22.7 Å². The summed E-state index contributed by atoms with van der Waals surface area (Å²) in [5.74, 6) is 0.472. The van der Waals surface area contributed by atoms with E-state index < -0.39 is 0 Å². The smallest absolute Gasteiger partial charge is 0.258 e. The summed E-state index contributed by atoms with van der Waals surface area (Å²) in [7, 11) is 0. The summed E-state index contributed by atoms with van der Waals surface area (Å²) in [5, 5.41) is 5.29. The fourth-order valence-electron chi connectivity index (χ4n) is 3.43. The molecule has 0 fully saturated rings. The number of carbonyl (C=O) groups is 1. The molecule has 0 aliphatic heterocycles. The molecule has 0 aliphatic rings. The van der Waals surface area contributed by atoms with Gasteiger partial charge in [-0.15, -0.1) is 0 Å². The van der Waals surface area contributed by atoms with Crippen molar-refractivity contribution in [3.05, 3.63) is 112 Å². The highest BCUT2D eigenvalue weighted by atomic mass is 79.9.